The summed E-state index contributed by atoms with van der Waals surface area (Å²) in [6, 6.07) is 0. The highest BCUT2D eigenvalue weighted by atomic mass is 31.2. The van der Waals surface area contributed by atoms with Crippen LogP contribution in [0.3, 0.4) is 0 Å². The van der Waals surface area contributed by atoms with Crippen molar-refractivity contribution >= 4 is 39.5 Å². The number of aliphatic hydroxyl groups is 1. The lowest BCUT2D eigenvalue weighted by atomic mass is 10.0. The van der Waals surface area contributed by atoms with Crippen molar-refractivity contribution in [1.29, 1.82) is 0 Å². The molecule has 0 heterocycles. The highest BCUT2D eigenvalue weighted by Gasteiger charge is 2.30. The van der Waals surface area contributed by atoms with E-state index >= 15 is 0 Å². The van der Waals surface area contributed by atoms with Crippen LogP contribution < -0.4 is 0 Å². The molecule has 0 aliphatic heterocycles. The van der Waals surface area contributed by atoms with E-state index < -0.39 is 97.5 Å². The first-order valence-corrected chi connectivity index (χ1v) is 37.1. The zero-order chi connectivity index (χ0) is 62.0. The minimum atomic E-state index is -4.94. The van der Waals surface area contributed by atoms with Crippen molar-refractivity contribution in [2.24, 2.45) is 5.92 Å². The predicted octanol–water partition coefficient (Wildman–Crippen LogP) is 18.2. The van der Waals surface area contributed by atoms with Gasteiger partial charge in [-0.2, -0.15) is 0 Å². The molecule has 498 valence electrons. The van der Waals surface area contributed by atoms with E-state index in [-0.39, 0.29) is 25.7 Å². The summed E-state index contributed by atoms with van der Waals surface area (Å²) in [5.74, 6) is -1.38. The number of unbranched alkanes of at least 4 members (excludes halogenated alkanes) is 37. The summed E-state index contributed by atoms with van der Waals surface area (Å²) in [4.78, 5) is 72.2. The third-order valence-corrected chi connectivity index (χ3v) is 16.9. The van der Waals surface area contributed by atoms with Crippen LogP contribution in [0.4, 0.5) is 0 Å². The molecule has 84 heavy (non-hydrogen) atoms. The lowest BCUT2D eigenvalue weighted by Crippen LogP contribution is -2.30. The SMILES string of the molecule is CCCCCCCCCCCCCC(=O)OC[C@H](COP(=O)(O)OC[C@@H](O)COP(=O)(O)OC[C@@H](COC(=O)CCCCCCCCCCCC)OC(=O)CCCCCCCCCCCC)OC(=O)CCCCCCCCCCCCC(C)C. The summed E-state index contributed by atoms with van der Waals surface area (Å²) in [5, 5.41) is 10.5. The molecule has 0 amide bonds. The lowest BCUT2D eigenvalue weighted by Gasteiger charge is -2.21. The van der Waals surface area contributed by atoms with Gasteiger partial charge in [-0.05, 0) is 31.6 Å². The maximum Gasteiger partial charge on any atom is 0.472 e. The number of rotatable bonds is 65. The molecule has 0 spiro atoms. The summed E-state index contributed by atoms with van der Waals surface area (Å²) in [7, 11) is -9.89. The first-order valence-electron chi connectivity index (χ1n) is 34.1. The average molecular weight is 1240 g/mol. The molecular weight excluding hydrogens is 1110 g/mol. The zero-order valence-corrected chi connectivity index (χ0v) is 55.8. The van der Waals surface area contributed by atoms with Gasteiger partial charge in [0.25, 0.3) is 0 Å². The number of esters is 4. The van der Waals surface area contributed by atoms with Crippen LogP contribution in [0.2, 0.25) is 0 Å². The molecule has 0 radical (unpaired) electrons. The van der Waals surface area contributed by atoms with Crippen LogP contribution in [0.25, 0.3) is 0 Å². The number of ether oxygens (including phenoxy) is 4. The van der Waals surface area contributed by atoms with Crippen molar-refractivity contribution in [2.75, 3.05) is 39.6 Å². The highest BCUT2D eigenvalue weighted by molar-refractivity contribution is 7.47. The van der Waals surface area contributed by atoms with Gasteiger partial charge >= 0.3 is 39.5 Å². The summed E-state index contributed by atoms with van der Waals surface area (Å²) in [5.41, 5.74) is 0. The molecule has 3 N–H and O–H groups in total. The Bertz CT molecular complexity index is 1640. The number of phosphoric ester groups is 2. The Morgan fingerprint density at radius 2 is 0.548 bits per heavy atom. The molecule has 0 fully saturated rings. The Kier molecular flexibility index (Phi) is 57.4. The minimum absolute atomic E-state index is 0.106. The molecular formula is C65H126O17P2. The van der Waals surface area contributed by atoms with Crippen molar-refractivity contribution in [1.82, 2.24) is 0 Å². The summed E-state index contributed by atoms with van der Waals surface area (Å²) in [6.45, 7) is 7.18. The van der Waals surface area contributed by atoms with Gasteiger partial charge in [0.15, 0.2) is 12.2 Å². The minimum Gasteiger partial charge on any atom is -0.462 e. The molecule has 0 rings (SSSR count). The number of phosphoric acid groups is 2. The quantitative estimate of drug-likeness (QED) is 0.0222. The fourth-order valence-electron chi connectivity index (χ4n) is 9.76. The fraction of sp³-hybridized carbons (Fsp3) is 0.938. The van der Waals surface area contributed by atoms with Crippen molar-refractivity contribution in [3.63, 3.8) is 0 Å². The first kappa shape index (κ1) is 82.1. The van der Waals surface area contributed by atoms with E-state index in [0.717, 1.165) is 95.8 Å². The molecule has 0 aromatic carbocycles. The largest absolute Gasteiger partial charge is 0.472 e. The zero-order valence-electron chi connectivity index (χ0n) is 54.0. The number of aliphatic hydroxyl groups excluding tert-OH is 1. The molecule has 0 bridgehead atoms. The second-order valence-electron chi connectivity index (χ2n) is 24.0. The van der Waals surface area contributed by atoms with Gasteiger partial charge in [-0.3, -0.25) is 37.3 Å². The number of hydrogen-bond donors (Lipinski definition) is 3. The fourth-order valence-corrected chi connectivity index (χ4v) is 11.3. The molecule has 19 heteroatoms. The standard InChI is InChI=1S/C65H126O17P2/c1-6-9-12-15-18-21-24-30-34-39-44-49-63(68)76-55-61(82-65(70)51-46-41-36-31-26-25-27-32-37-42-47-58(4)5)57-80-84(73,74)78-53-59(66)52-77-83(71,72)79-56-60(81-64(69)50-45-40-35-29-23-20-17-14-11-8-3)54-75-62(67)48-43-38-33-28-22-19-16-13-10-7-2/h58-61,66H,6-57H2,1-5H3,(H,71,72)(H,73,74)/t59-,60+,61+/m0/s1. The van der Waals surface area contributed by atoms with Gasteiger partial charge in [0, 0.05) is 25.7 Å². The Hall–Kier alpha value is -1.94. The van der Waals surface area contributed by atoms with Crippen LogP contribution in [-0.2, 0) is 65.4 Å². The number of hydrogen-bond acceptors (Lipinski definition) is 15. The van der Waals surface area contributed by atoms with Gasteiger partial charge < -0.3 is 33.8 Å². The molecule has 0 aromatic rings. The average Bonchev–Trinajstić information content (AvgIpc) is 3.65. The smallest absolute Gasteiger partial charge is 0.462 e. The number of carbonyl (C=O) groups excluding carboxylic acids is 4. The second-order valence-corrected chi connectivity index (χ2v) is 26.9. The third kappa shape index (κ3) is 59.0. The van der Waals surface area contributed by atoms with Gasteiger partial charge in [-0.1, -0.05) is 279 Å². The molecule has 2 unspecified atom stereocenters. The maximum atomic E-state index is 13.0. The summed E-state index contributed by atoms with van der Waals surface area (Å²) in [6.07, 6.45) is 42.9. The Morgan fingerprint density at radius 1 is 0.321 bits per heavy atom. The van der Waals surface area contributed by atoms with E-state index in [1.807, 2.05) is 0 Å². The molecule has 0 saturated heterocycles. The Balaban J connectivity index is 5.24. The van der Waals surface area contributed by atoms with E-state index in [2.05, 4.69) is 34.6 Å². The Morgan fingerprint density at radius 3 is 0.810 bits per heavy atom. The van der Waals surface area contributed by atoms with Gasteiger partial charge in [0.2, 0.25) is 0 Å². The molecule has 5 atom stereocenters. The molecule has 17 nitrogen and oxygen atoms in total. The monoisotopic (exact) mass is 1240 g/mol. The van der Waals surface area contributed by atoms with Crippen molar-refractivity contribution in [2.45, 2.75) is 348 Å². The molecule has 0 saturated carbocycles. The van der Waals surface area contributed by atoms with E-state index in [1.54, 1.807) is 0 Å². The van der Waals surface area contributed by atoms with Crippen LogP contribution in [0.1, 0.15) is 330 Å². The predicted molar refractivity (Wildman–Crippen MR) is 335 cm³/mol. The van der Waals surface area contributed by atoms with Crippen molar-refractivity contribution in [3.05, 3.63) is 0 Å². The van der Waals surface area contributed by atoms with Crippen LogP contribution >= 0.6 is 15.6 Å². The first-order chi connectivity index (χ1) is 40.5. The molecule has 0 aliphatic rings. The van der Waals surface area contributed by atoms with E-state index in [0.29, 0.717) is 25.7 Å². The topological polar surface area (TPSA) is 237 Å². The van der Waals surface area contributed by atoms with Gasteiger partial charge in [0.05, 0.1) is 26.4 Å². The number of carbonyl (C=O) groups is 4. The van der Waals surface area contributed by atoms with Crippen LogP contribution in [-0.4, -0.2) is 96.7 Å². The van der Waals surface area contributed by atoms with Crippen molar-refractivity contribution in [3.8, 4) is 0 Å². The highest BCUT2D eigenvalue weighted by Crippen LogP contribution is 2.45. The normalized spacial score (nSPS) is 14.2. The maximum absolute atomic E-state index is 13.0. The Labute approximate surface area is 511 Å². The van der Waals surface area contributed by atoms with Gasteiger partial charge in [0.1, 0.15) is 19.3 Å². The van der Waals surface area contributed by atoms with Crippen LogP contribution in [0, 0.1) is 5.92 Å². The summed E-state index contributed by atoms with van der Waals surface area (Å²) < 4.78 is 68.0. The van der Waals surface area contributed by atoms with E-state index in [9.17, 15) is 43.2 Å². The van der Waals surface area contributed by atoms with Crippen molar-refractivity contribution < 1.29 is 80.2 Å². The van der Waals surface area contributed by atoms with E-state index in [1.165, 1.54) is 154 Å². The lowest BCUT2D eigenvalue weighted by molar-refractivity contribution is -0.161. The van der Waals surface area contributed by atoms with Crippen LogP contribution in [0.15, 0.2) is 0 Å². The summed E-state index contributed by atoms with van der Waals surface area (Å²) >= 11 is 0. The van der Waals surface area contributed by atoms with E-state index in [4.69, 9.17) is 37.0 Å². The van der Waals surface area contributed by atoms with Gasteiger partial charge in [-0.15, -0.1) is 0 Å². The molecule has 0 aliphatic carbocycles. The molecule has 0 aromatic heterocycles. The van der Waals surface area contributed by atoms with Gasteiger partial charge in [-0.25, -0.2) is 9.13 Å². The van der Waals surface area contributed by atoms with Crippen LogP contribution in [0.5, 0.6) is 0 Å². The second kappa shape index (κ2) is 58.7. The third-order valence-electron chi connectivity index (χ3n) is 15.0.